The summed E-state index contributed by atoms with van der Waals surface area (Å²) >= 11 is 0. The van der Waals surface area contributed by atoms with Crippen LogP contribution in [0.4, 0.5) is 5.82 Å². The van der Waals surface area contributed by atoms with Crippen LogP contribution < -0.4 is 10.6 Å². The molecule has 0 aromatic carbocycles. The summed E-state index contributed by atoms with van der Waals surface area (Å²) in [5.74, 6) is 0.673. The Hall–Kier alpha value is -1.42. The third-order valence-electron chi connectivity index (χ3n) is 3.44. The van der Waals surface area contributed by atoms with Crippen LogP contribution in [0.25, 0.3) is 0 Å². The van der Waals surface area contributed by atoms with E-state index in [2.05, 4.69) is 15.6 Å². The van der Waals surface area contributed by atoms with Crippen LogP contribution >= 0.6 is 0 Å². The molecular weight excluding hydrogens is 214 g/mol. The Morgan fingerprint density at radius 1 is 1.65 bits per heavy atom. The van der Waals surface area contributed by atoms with E-state index in [-0.39, 0.29) is 5.91 Å². The molecule has 0 aliphatic carbocycles. The fraction of sp³-hybridized carbons (Fsp3) is 0.538. The molecule has 1 aromatic rings. The lowest BCUT2D eigenvalue weighted by Crippen LogP contribution is -2.50. The number of aryl methyl sites for hydroxylation is 1. The minimum atomic E-state index is -0.397. The molecule has 1 aliphatic rings. The molecule has 0 saturated carbocycles. The molecule has 0 bridgehead atoms. The van der Waals surface area contributed by atoms with Gasteiger partial charge in [0.05, 0.1) is 5.54 Å². The predicted octanol–water partition coefficient (Wildman–Crippen LogP) is 1.86. The van der Waals surface area contributed by atoms with Crippen molar-refractivity contribution in [3.8, 4) is 0 Å². The summed E-state index contributed by atoms with van der Waals surface area (Å²) < 4.78 is 0. The standard InChI is InChI=1S/C13H19N3O/c1-3-13(6-4-7-15-13)12(17)16-11-9-10(2)5-8-14-11/h5,8-9,15H,3-4,6-7H2,1-2H3,(H,14,16,17). The zero-order valence-electron chi connectivity index (χ0n) is 10.4. The van der Waals surface area contributed by atoms with Gasteiger partial charge < -0.3 is 10.6 Å². The van der Waals surface area contributed by atoms with Gasteiger partial charge in [-0.1, -0.05) is 6.92 Å². The van der Waals surface area contributed by atoms with Gasteiger partial charge in [-0.3, -0.25) is 4.79 Å². The number of nitrogens with zero attached hydrogens (tertiary/aromatic N) is 1. The highest BCUT2D eigenvalue weighted by Crippen LogP contribution is 2.24. The lowest BCUT2D eigenvalue weighted by Gasteiger charge is -2.26. The van der Waals surface area contributed by atoms with Crippen molar-refractivity contribution in [3.63, 3.8) is 0 Å². The van der Waals surface area contributed by atoms with Crippen LogP contribution in [-0.2, 0) is 4.79 Å². The number of anilines is 1. The van der Waals surface area contributed by atoms with Gasteiger partial charge in [0.1, 0.15) is 5.82 Å². The molecule has 1 aromatic heterocycles. The SMILES string of the molecule is CCC1(C(=O)Nc2cc(C)ccn2)CCCN1. The molecule has 1 amide bonds. The molecule has 1 atom stereocenters. The van der Waals surface area contributed by atoms with Crippen LogP contribution in [0.15, 0.2) is 18.3 Å². The molecule has 0 spiro atoms. The highest BCUT2D eigenvalue weighted by atomic mass is 16.2. The molecule has 4 heteroatoms. The average Bonchev–Trinajstić information content (AvgIpc) is 2.78. The summed E-state index contributed by atoms with van der Waals surface area (Å²) in [6, 6.07) is 3.80. The summed E-state index contributed by atoms with van der Waals surface area (Å²) in [7, 11) is 0. The van der Waals surface area contributed by atoms with Crippen molar-refractivity contribution in [1.29, 1.82) is 0 Å². The smallest absolute Gasteiger partial charge is 0.245 e. The van der Waals surface area contributed by atoms with E-state index in [1.54, 1.807) is 6.20 Å². The molecule has 2 rings (SSSR count). The fourth-order valence-corrected chi connectivity index (χ4v) is 2.30. The van der Waals surface area contributed by atoms with E-state index in [9.17, 15) is 4.79 Å². The first-order valence-electron chi connectivity index (χ1n) is 6.15. The largest absolute Gasteiger partial charge is 0.309 e. The number of hydrogen-bond acceptors (Lipinski definition) is 3. The molecule has 92 valence electrons. The van der Waals surface area contributed by atoms with Gasteiger partial charge in [0.25, 0.3) is 0 Å². The van der Waals surface area contributed by atoms with Crippen molar-refractivity contribution >= 4 is 11.7 Å². The maximum absolute atomic E-state index is 12.3. The minimum absolute atomic E-state index is 0.0376. The first-order chi connectivity index (χ1) is 8.16. The van der Waals surface area contributed by atoms with E-state index < -0.39 is 5.54 Å². The van der Waals surface area contributed by atoms with Crippen molar-refractivity contribution < 1.29 is 4.79 Å². The van der Waals surface area contributed by atoms with Gasteiger partial charge in [-0.2, -0.15) is 0 Å². The van der Waals surface area contributed by atoms with Crippen LogP contribution in [0.2, 0.25) is 0 Å². The Kier molecular flexibility index (Phi) is 3.43. The number of hydrogen-bond donors (Lipinski definition) is 2. The Balaban J connectivity index is 2.10. The molecule has 1 fully saturated rings. The van der Waals surface area contributed by atoms with Gasteiger partial charge in [0.2, 0.25) is 5.91 Å². The molecule has 4 nitrogen and oxygen atoms in total. The third kappa shape index (κ3) is 2.47. The predicted molar refractivity (Wildman–Crippen MR) is 67.9 cm³/mol. The minimum Gasteiger partial charge on any atom is -0.309 e. The Bertz CT molecular complexity index is 411. The summed E-state index contributed by atoms with van der Waals surface area (Å²) in [5, 5.41) is 6.22. The first kappa shape index (κ1) is 12.0. The normalized spacial score (nSPS) is 23.6. The summed E-state index contributed by atoms with van der Waals surface area (Å²) in [6.07, 6.45) is 4.49. The summed E-state index contributed by atoms with van der Waals surface area (Å²) in [4.78, 5) is 16.4. The number of nitrogens with one attached hydrogen (secondary N) is 2. The monoisotopic (exact) mass is 233 g/mol. The van der Waals surface area contributed by atoms with Gasteiger partial charge in [0, 0.05) is 6.20 Å². The number of amides is 1. The number of rotatable bonds is 3. The van der Waals surface area contributed by atoms with Crippen molar-refractivity contribution in [1.82, 2.24) is 10.3 Å². The van der Waals surface area contributed by atoms with Gasteiger partial charge in [0.15, 0.2) is 0 Å². The van der Waals surface area contributed by atoms with Crippen molar-refractivity contribution in [3.05, 3.63) is 23.9 Å². The van der Waals surface area contributed by atoms with E-state index in [0.717, 1.165) is 31.4 Å². The Labute approximate surface area is 102 Å². The van der Waals surface area contributed by atoms with E-state index in [0.29, 0.717) is 5.82 Å². The lowest BCUT2D eigenvalue weighted by molar-refractivity contribution is -0.122. The van der Waals surface area contributed by atoms with Gasteiger partial charge >= 0.3 is 0 Å². The molecular formula is C13H19N3O. The quantitative estimate of drug-likeness (QED) is 0.838. The molecule has 1 aliphatic heterocycles. The first-order valence-corrected chi connectivity index (χ1v) is 6.15. The summed E-state index contributed by atoms with van der Waals surface area (Å²) in [6.45, 7) is 4.95. The second-order valence-corrected chi connectivity index (χ2v) is 4.64. The van der Waals surface area contributed by atoms with E-state index in [4.69, 9.17) is 0 Å². The lowest BCUT2D eigenvalue weighted by atomic mass is 9.93. The highest BCUT2D eigenvalue weighted by Gasteiger charge is 2.39. The molecule has 1 saturated heterocycles. The van der Waals surface area contributed by atoms with E-state index in [1.165, 1.54) is 0 Å². The second-order valence-electron chi connectivity index (χ2n) is 4.64. The van der Waals surface area contributed by atoms with Crippen molar-refractivity contribution in [2.75, 3.05) is 11.9 Å². The Morgan fingerprint density at radius 3 is 3.06 bits per heavy atom. The number of pyridine rings is 1. The van der Waals surface area contributed by atoms with Crippen molar-refractivity contribution in [2.24, 2.45) is 0 Å². The zero-order chi connectivity index (χ0) is 12.3. The fourth-order valence-electron chi connectivity index (χ4n) is 2.30. The maximum atomic E-state index is 12.3. The molecule has 17 heavy (non-hydrogen) atoms. The van der Waals surface area contributed by atoms with Gasteiger partial charge in [-0.05, 0) is 50.4 Å². The average molecular weight is 233 g/mol. The molecule has 0 radical (unpaired) electrons. The van der Waals surface area contributed by atoms with Crippen LogP contribution in [0.3, 0.4) is 0 Å². The topological polar surface area (TPSA) is 54.0 Å². The summed E-state index contributed by atoms with van der Waals surface area (Å²) in [5.41, 5.74) is 0.700. The second kappa shape index (κ2) is 4.84. The number of carbonyl (C=O) groups excluding carboxylic acids is 1. The molecule has 2 heterocycles. The maximum Gasteiger partial charge on any atom is 0.245 e. The molecule has 2 N–H and O–H groups in total. The Morgan fingerprint density at radius 2 is 2.47 bits per heavy atom. The number of aromatic nitrogens is 1. The van der Waals surface area contributed by atoms with E-state index in [1.807, 2.05) is 26.0 Å². The van der Waals surface area contributed by atoms with Crippen LogP contribution in [0, 0.1) is 6.92 Å². The van der Waals surface area contributed by atoms with Crippen LogP contribution in [-0.4, -0.2) is 23.0 Å². The van der Waals surface area contributed by atoms with Crippen LogP contribution in [0.5, 0.6) is 0 Å². The van der Waals surface area contributed by atoms with Gasteiger partial charge in [-0.25, -0.2) is 4.98 Å². The zero-order valence-corrected chi connectivity index (χ0v) is 10.4. The van der Waals surface area contributed by atoms with E-state index >= 15 is 0 Å². The van der Waals surface area contributed by atoms with Crippen LogP contribution in [0.1, 0.15) is 31.7 Å². The number of carbonyl (C=O) groups is 1. The third-order valence-corrected chi connectivity index (χ3v) is 3.44. The molecule has 1 unspecified atom stereocenters. The van der Waals surface area contributed by atoms with Crippen molar-refractivity contribution in [2.45, 2.75) is 38.6 Å². The van der Waals surface area contributed by atoms with Gasteiger partial charge in [-0.15, -0.1) is 0 Å². The highest BCUT2D eigenvalue weighted by molar-refractivity contribution is 5.97.